The molecule has 0 radical (unpaired) electrons. The fraction of sp³-hybridized carbons (Fsp3) is 0.833. The van der Waals surface area contributed by atoms with Crippen LogP contribution in [0.5, 0.6) is 0 Å². The first kappa shape index (κ1) is 8.95. The third-order valence-electron chi connectivity index (χ3n) is 1.03. The molecule has 0 saturated carbocycles. The maximum absolute atomic E-state index is 9.74. The van der Waals surface area contributed by atoms with Crippen molar-refractivity contribution in [2.24, 2.45) is 0 Å². The van der Waals surface area contributed by atoms with Crippen molar-refractivity contribution in [3.8, 4) is 0 Å². The van der Waals surface area contributed by atoms with E-state index in [0.29, 0.717) is 6.47 Å². The van der Waals surface area contributed by atoms with E-state index in [9.17, 15) is 4.79 Å². The van der Waals surface area contributed by atoms with E-state index in [2.05, 4.69) is 20.7 Å². The van der Waals surface area contributed by atoms with Gasteiger partial charge in [0.1, 0.15) is 0 Å². The molecule has 1 unspecified atom stereocenters. The first-order valence-corrected chi connectivity index (χ1v) is 4.08. The minimum absolute atomic E-state index is 0.0695. The monoisotopic (exact) mass is 194 g/mol. The van der Waals surface area contributed by atoms with Crippen molar-refractivity contribution < 1.29 is 9.53 Å². The Morgan fingerprint density at radius 2 is 2.44 bits per heavy atom. The van der Waals surface area contributed by atoms with Gasteiger partial charge in [0.05, 0.1) is 6.10 Å². The summed E-state index contributed by atoms with van der Waals surface area (Å²) in [5.41, 5.74) is 0. The van der Waals surface area contributed by atoms with Crippen molar-refractivity contribution in [3.05, 3.63) is 0 Å². The van der Waals surface area contributed by atoms with Crippen LogP contribution in [0, 0.1) is 0 Å². The predicted octanol–water partition coefficient (Wildman–Crippen LogP) is 1.72. The highest BCUT2D eigenvalue weighted by Crippen LogP contribution is 2.01. The number of hydrogen-bond donors (Lipinski definition) is 0. The van der Waals surface area contributed by atoms with Gasteiger partial charge in [-0.2, -0.15) is 0 Å². The summed E-state index contributed by atoms with van der Waals surface area (Å²) < 4.78 is 4.64. The number of rotatable bonds is 5. The van der Waals surface area contributed by atoms with E-state index in [1.54, 1.807) is 0 Å². The van der Waals surface area contributed by atoms with Crippen LogP contribution in [0.25, 0.3) is 0 Å². The van der Waals surface area contributed by atoms with Crippen LogP contribution in [0.3, 0.4) is 0 Å². The van der Waals surface area contributed by atoms with E-state index in [1.807, 2.05) is 6.92 Å². The van der Waals surface area contributed by atoms with Gasteiger partial charge in [0, 0.05) is 5.33 Å². The van der Waals surface area contributed by atoms with Crippen LogP contribution < -0.4 is 0 Å². The van der Waals surface area contributed by atoms with Gasteiger partial charge in [0.2, 0.25) is 0 Å². The Morgan fingerprint density at radius 1 is 1.78 bits per heavy atom. The lowest BCUT2D eigenvalue weighted by Gasteiger charge is -2.06. The molecule has 0 fully saturated rings. The van der Waals surface area contributed by atoms with Gasteiger partial charge < -0.3 is 4.74 Å². The maximum atomic E-state index is 9.74. The molecule has 0 bridgehead atoms. The van der Waals surface area contributed by atoms with Crippen LogP contribution in [0.4, 0.5) is 0 Å². The Balaban J connectivity index is 3.04. The highest BCUT2D eigenvalue weighted by molar-refractivity contribution is 9.09. The molecule has 0 aromatic rings. The lowest BCUT2D eigenvalue weighted by atomic mass is 10.2. The highest BCUT2D eigenvalue weighted by Gasteiger charge is 1.98. The van der Waals surface area contributed by atoms with Crippen molar-refractivity contribution in [3.63, 3.8) is 0 Å². The molecule has 0 saturated heterocycles. The number of carbonyl (C=O) groups is 1. The summed E-state index contributed by atoms with van der Waals surface area (Å²) in [5, 5.41) is 0.972. The molecule has 0 aliphatic heterocycles. The van der Waals surface area contributed by atoms with Crippen molar-refractivity contribution in [2.75, 3.05) is 5.33 Å². The Morgan fingerprint density at radius 3 is 2.89 bits per heavy atom. The van der Waals surface area contributed by atoms with E-state index in [1.165, 1.54) is 0 Å². The van der Waals surface area contributed by atoms with Gasteiger partial charge in [-0.1, -0.05) is 15.9 Å². The molecule has 0 spiro atoms. The van der Waals surface area contributed by atoms with E-state index in [-0.39, 0.29) is 6.10 Å². The zero-order valence-corrected chi connectivity index (χ0v) is 7.06. The highest BCUT2D eigenvalue weighted by atomic mass is 79.9. The summed E-state index contributed by atoms with van der Waals surface area (Å²) in [5.74, 6) is 0. The van der Waals surface area contributed by atoms with Crippen LogP contribution in [0.1, 0.15) is 19.8 Å². The van der Waals surface area contributed by atoms with Crippen LogP contribution in [-0.4, -0.2) is 17.9 Å². The molecule has 2 nitrogen and oxygen atoms in total. The van der Waals surface area contributed by atoms with Gasteiger partial charge in [-0.15, -0.1) is 0 Å². The second-order valence-corrected chi connectivity index (χ2v) is 2.67. The quantitative estimate of drug-likeness (QED) is 0.493. The molecule has 54 valence electrons. The molecule has 0 aromatic heterocycles. The van der Waals surface area contributed by atoms with E-state index < -0.39 is 0 Å². The Hall–Kier alpha value is -0.0500. The second kappa shape index (κ2) is 6.08. The van der Waals surface area contributed by atoms with Gasteiger partial charge in [-0.3, -0.25) is 4.79 Å². The Bertz CT molecular complexity index is 75.5. The Labute approximate surface area is 63.7 Å². The van der Waals surface area contributed by atoms with E-state index in [0.717, 1.165) is 18.2 Å². The zero-order valence-electron chi connectivity index (χ0n) is 5.47. The molecule has 0 rings (SSSR count). The molecule has 9 heavy (non-hydrogen) atoms. The topological polar surface area (TPSA) is 26.3 Å². The fourth-order valence-electron chi connectivity index (χ4n) is 0.527. The molecule has 0 N–H and O–H groups in total. The molecular formula is C6H11BrO2. The van der Waals surface area contributed by atoms with Gasteiger partial charge >= 0.3 is 0 Å². The average molecular weight is 195 g/mol. The smallest absolute Gasteiger partial charge is 0.293 e. The van der Waals surface area contributed by atoms with Crippen molar-refractivity contribution in [2.45, 2.75) is 25.9 Å². The van der Waals surface area contributed by atoms with E-state index in [4.69, 9.17) is 0 Å². The molecule has 1 atom stereocenters. The fourth-order valence-corrected chi connectivity index (χ4v) is 0.851. The first-order valence-electron chi connectivity index (χ1n) is 2.96. The molecule has 3 heteroatoms. The summed E-state index contributed by atoms with van der Waals surface area (Å²) >= 11 is 3.29. The first-order chi connectivity index (χ1) is 4.31. The largest absolute Gasteiger partial charge is 0.465 e. The van der Waals surface area contributed by atoms with Gasteiger partial charge in [0.25, 0.3) is 6.47 Å². The lowest BCUT2D eigenvalue weighted by molar-refractivity contribution is -0.132. The number of halogens is 1. The van der Waals surface area contributed by atoms with Crippen LogP contribution in [-0.2, 0) is 9.53 Å². The Kier molecular flexibility index (Phi) is 6.04. The van der Waals surface area contributed by atoms with Crippen molar-refractivity contribution >= 4 is 22.4 Å². The molecule has 0 aromatic carbocycles. The zero-order chi connectivity index (χ0) is 7.11. The summed E-state index contributed by atoms with van der Waals surface area (Å²) in [4.78, 5) is 9.74. The molecule has 0 aliphatic rings. The summed E-state index contributed by atoms with van der Waals surface area (Å²) in [6.07, 6.45) is 2.05. The minimum Gasteiger partial charge on any atom is -0.465 e. The lowest BCUT2D eigenvalue weighted by Crippen LogP contribution is -2.06. The minimum atomic E-state index is 0.0695. The van der Waals surface area contributed by atoms with Crippen molar-refractivity contribution in [1.82, 2.24) is 0 Å². The summed E-state index contributed by atoms with van der Waals surface area (Å²) in [7, 11) is 0. The summed E-state index contributed by atoms with van der Waals surface area (Å²) in [6, 6.07) is 0. The van der Waals surface area contributed by atoms with Crippen molar-refractivity contribution in [1.29, 1.82) is 0 Å². The van der Waals surface area contributed by atoms with Crippen LogP contribution in [0.15, 0.2) is 0 Å². The SMILES string of the molecule is CC(CCCBr)OC=O. The molecular weight excluding hydrogens is 184 g/mol. The third-order valence-corrected chi connectivity index (χ3v) is 1.59. The molecule has 0 heterocycles. The predicted molar refractivity (Wildman–Crippen MR) is 39.6 cm³/mol. The maximum Gasteiger partial charge on any atom is 0.293 e. The van der Waals surface area contributed by atoms with Gasteiger partial charge in [0.15, 0.2) is 0 Å². The van der Waals surface area contributed by atoms with E-state index >= 15 is 0 Å². The van der Waals surface area contributed by atoms with Crippen LogP contribution in [0.2, 0.25) is 0 Å². The van der Waals surface area contributed by atoms with Gasteiger partial charge in [-0.25, -0.2) is 0 Å². The number of hydrogen-bond acceptors (Lipinski definition) is 2. The number of carbonyl (C=O) groups excluding carboxylic acids is 1. The van der Waals surface area contributed by atoms with Gasteiger partial charge in [-0.05, 0) is 19.8 Å². The number of ether oxygens (including phenoxy) is 1. The molecule has 0 amide bonds. The average Bonchev–Trinajstić information content (AvgIpc) is 1.85. The van der Waals surface area contributed by atoms with Crippen LogP contribution >= 0.6 is 15.9 Å². The normalized spacial score (nSPS) is 12.7. The number of alkyl halides is 1. The third kappa shape index (κ3) is 5.83. The summed E-state index contributed by atoms with van der Waals surface area (Å²) in [6.45, 7) is 2.38. The standard InChI is InChI=1S/C6H11BrO2/c1-6(9-5-8)3-2-4-7/h5-6H,2-4H2,1H3. The molecule has 0 aliphatic carbocycles. The second-order valence-electron chi connectivity index (χ2n) is 1.87.